The van der Waals surface area contributed by atoms with E-state index in [2.05, 4.69) is 4.74 Å². The molecule has 0 aromatic carbocycles. The van der Waals surface area contributed by atoms with Gasteiger partial charge in [0.2, 0.25) is 0 Å². The van der Waals surface area contributed by atoms with E-state index in [4.69, 9.17) is 0 Å². The van der Waals surface area contributed by atoms with E-state index < -0.39 is 18.2 Å². The molecule has 0 bridgehead atoms. The molecule has 0 aromatic rings. The number of ether oxygens (including phenoxy) is 1. The molecule has 0 amide bonds. The van der Waals surface area contributed by atoms with Gasteiger partial charge in [0.05, 0.1) is 0 Å². The molecule has 2 nitrogen and oxygen atoms in total. The van der Waals surface area contributed by atoms with Crippen LogP contribution in [-0.4, -0.2) is 18.2 Å². The molecule has 1 aliphatic rings. The fourth-order valence-electron chi connectivity index (χ4n) is 0.898. The molecular formula is C7H9F3O2. The van der Waals surface area contributed by atoms with Crippen molar-refractivity contribution < 1.29 is 22.7 Å². The molecule has 1 saturated carbocycles. The number of hydrogen-bond acceptors (Lipinski definition) is 2. The molecule has 70 valence electrons. The number of hydrogen-bond donors (Lipinski definition) is 0. The first-order chi connectivity index (χ1) is 5.41. The molecule has 0 unspecified atom stereocenters. The number of halogens is 3. The monoisotopic (exact) mass is 182 g/mol. The summed E-state index contributed by atoms with van der Waals surface area (Å²) < 4.78 is 39.0. The maximum atomic E-state index is 11.6. The van der Waals surface area contributed by atoms with Crippen LogP contribution >= 0.6 is 0 Å². The van der Waals surface area contributed by atoms with Crippen LogP contribution in [0.2, 0.25) is 0 Å². The van der Waals surface area contributed by atoms with Crippen molar-refractivity contribution in [3.05, 3.63) is 0 Å². The van der Waals surface area contributed by atoms with Crippen molar-refractivity contribution in [2.75, 3.05) is 0 Å². The van der Waals surface area contributed by atoms with Gasteiger partial charge in [0.15, 0.2) is 0 Å². The molecule has 0 radical (unpaired) electrons. The summed E-state index contributed by atoms with van der Waals surface area (Å²) in [6.45, 7) is 1.49. The predicted octanol–water partition coefficient (Wildman–Crippen LogP) is 1.89. The summed E-state index contributed by atoms with van der Waals surface area (Å²) in [5.74, 6) is -1.95. The van der Waals surface area contributed by atoms with E-state index in [1.165, 1.54) is 6.92 Å². The fourth-order valence-corrected chi connectivity index (χ4v) is 0.898. The third kappa shape index (κ3) is 2.39. The lowest BCUT2D eigenvalue weighted by Crippen LogP contribution is -2.29. The minimum absolute atomic E-state index is 0.135. The van der Waals surface area contributed by atoms with Gasteiger partial charge in [0.25, 0.3) is 0 Å². The summed E-state index contributed by atoms with van der Waals surface area (Å²) in [5, 5.41) is 0. The van der Waals surface area contributed by atoms with E-state index in [1.54, 1.807) is 0 Å². The Hall–Kier alpha value is -0.740. The van der Waals surface area contributed by atoms with Crippen molar-refractivity contribution in [1.29, 1.82) is 0 Å². The minimum Gasteiger partial charge on any atom is -0.456 e. The van der Waals surface area contributed by atoms with Crippen LogP contribution in [-0.2, 0) is 9.53 Å². The molecular weight excluding hydrogens is 173 g/mol. The van der Waals surface area contributed by atoms with E-state index in [1.807, 2.05) is 0 Å². The second kappa shape index (κ2) is 2.95. The van der Waals surface area contributed by atoms with Gasteiger partial charge in [0, 0.05) is 0 Å². The van der Waals surface area contributed by atoms with E-state index in [-0.39, 0.29) is 5.92 Å². The molecule has 1 rings (SSSR count). The molecule has 0 heterocycles. The van der Waals surface area contributed by atoms with Crippen LogP contribution in [0.25, 0.3) is 0 Å². The van der Waals surface area contributed by atoms with E-state index in [0.29, 0.717) is 0 Å². The Morgan fingerprint density at radius 2 is 2.00 bits per heavy atom. The lowest BCUT2D eigenvalue weighted by Gasteiger charge is -2.12. The molecule has 5 heteroatoms. The van der Waals surface area contributed by atoms with Crippen LogP contribution < -0.4 is 0 Å². The van der Waals surface area contributed by atoms with Gasteiger partial charge in [-0.3, -0.25) is 0 Å². The fraction of sp³-hybridized carbons (Fsp3) is 0.857. The van der Waals surface area contributed by atoms with Crippen molar-refractivity contribution in [3.63, 3.8) is 0 Å². The maximum absolute atomic E-state index is 11.6. The topological polar surface area (TPSA) is 26.3 Å². The zero-order valence-electron chi connectivity index (χ0n) is 6.52. The highest BCUT2D eigenvalue weighted by atomic mass is 19.4. The average Bonchev–Trinajstić information content (AvgIpc) is 2.65. The Morgan fingerprint density at radius 3 is 2.33 bits per heavy atom. The van der Waals surface area contributed by atoms with Crippen LogP contribution in [0.1, 0.15) is 19.8 Å². The minimum atomic E-state index is -4.86. The molecule has 1 fully saturated rings. The number of rotatable bonds is 2. The molecule has 0 saturated heterocycles. The largest absolute Gasteiger partial charge is 0.490 e. The first kappa shape index (κ1) is 9.35. The number of esters is 1. The quantitative estimate of drug-likeness (QED) is 0.609. The number of carbonyl (C=O) groups excluding carboxylic acids is 1. The van der Waals surface area contributed by atoms with Gasteiger partial charge in [0.1, 0.15) is 6.10 Å². The lowest BCUT2D eigenvalue weighted by molar-refractivity contribution is -0.204. The Balaban J connectivity index is 2.34. The molecule has 0 aromatic heterocycles. The van der Waals surface area contributed by atoms with Crippen LogP contribution in [0.15, 0.2) is 0 Å². The first-order valence-corrected chi connectivity index (χ1v) is 3.69. The smallest absolute Gasteiger partial charge is 0.456 e. The van der Waals surface area contributed by atoms with Gasteiger partial charge in [-0.25, -0.2) is 4.79 Å². The first-order valence-electron chi connectivity index (χ1n) is 3.69. The van der Waals surface area contributed by atoms with Crippen molar-refractivity contribution >= 4 is 5.97 Å². The van der Waals surface area contributed by atoms with Gasteiger partial charge in [-0.05, 0) is 25.7 Å². The Kier molecular flexibility index (Phi) is 2.30. The third-order valence-corrected chi connectivity index (χ3v) is 1.81. The van der Waals surface area contributed by atoms with Gasteiger partial charge < -0.3 is 4.74 Å². The number of alkyl halides is 3. The SMILES string of the molecule is C[C@@H](OC(=O)C(F)(F)F)C1CC1. The highest BCUT2D eigenvalue weighted by molar-refractivity contribution is 5.75. The number of carbonyl (C=O) groups is 1. The van der Waals surface area contributed by atoms with Crippen molar-refractivity contribution in [2.24, 2.45) is 5.92 Å². The summed E-state index contributed by atoms with van der Waals surface area (Å²) in [7, 11) is 0. The summed E-state index contributed by atoms with van der Waals surface area (Å²) in [6.07, 6.45) is -3.75. The van der Waals surface area contributed by atoms with E-state index in [0.717, 1.165) is 12.8 Å². The van der Waals surface area contributed by atoms with Crippen LogP contribution in [0.4, 0.5) is 13.2 Å². The molecule has 0 N–H and O–H groups in total. The van der Waals surface area contributed by atoms with Crippen molar-refractivity contribution in [1.82, 2.24) is 0 Å². The third-order valence-electron chi connectivity index (χ3n) is 1.81. The zero-order chi connectivity index (χ0) is 9.35. The van der Waals surface area contributed by atoms with Crippen LogP contribution in [0.5, 0.6) is 0 Å². The lowest BCUT2D eigenvalue weighted by atomic mass is 10.3. The second-order valence-corrected chi connectivity index (χ2v) is 2.95. The van der Waals surface area contributed by atoms with Crippen LogP contribution in [0, 0.1) is 5.92 Å². The normalized spacial score (nSPS) is 20.3. The van der Waals surface area contributed by atoms with Gasteiger partial charge in [-0.2, -0.15) is 13.2 Å². The predicted molar refractivity (Wildman–Crippen MR) is 34.3 cm³/mol. The Labute approximate surface area is 67.7 Å². The van der Waals surface area contributed by atoms with Gasteiger partial charge in [-0.15, -0.1) is 0 Å². The Morgan fingerprint density at radius 1 is 1.50 bits per heavy atom. The van der Waals surface area contributed by atoms with Gasteiger partial charge >= 0.3 is 12.1 Å². The second-order valence-electron chi connectivity index (χ2n) is 2.95. The molecule has 1 aliphatic carbocycles. The summed E-state index contributed by atoms with van der Waals surface area (Å²) in [4.78, 5) is 10.3. The van der Waals surface area contributed by atoms with Crippen molar-refractivity contribution in [2.45, 2.75) is 32.0 Å². The zero-order valence-corrected chi connectivity index (χ0v) is 6.52. The highest BCUT2D eigenvalue weighted by Crippen LogP contribution is 2.34. The van der Waals surface area contributed by atoms with Crippen molar-refractivity contribution in [3.8, 4) is 0 Å². The summed E-state index contributed by atoms with van der Waals surface area (Å²) in [6, 6.07) is 0. The molecule has 0 aliphatic heterocycles. The standard InChI is InChI=1S/C7H9F3O2/c1-4(5-2-3-5)12-6(11)7(8,9)10/h4-5H,2-3H2,1H3/t4-/m1/s1. The molecule has 1 atom stereocenters. The summed E-state index contributed by atoms with van der Waals surface area (Å²) in [5.41, 5.74) is 0. The Bertz CT molecular complexity index is 184. The molecule has 12 heavy (non-hydrogen) atoms. The van der Waals surface area contributed by atoms with Gasteiger partial charge in [-0.1, -0.05) is 0 Å². The van der Waals surface area contributed by atoms with E-state index >= 15 is 0 Å². The molecule has 0 spiro atoms. The van der Waals surface area contributed by atoms with E-state index in [9.17, 15) is 18.0 Å². The van der Waals surface area contributed by atoms with Crippen LogP contribution in [0.3, 0.4) is 0 Å². The highest BCUT2D eigenvalue weighted by Gasteiger charge is 2.43. The summed E-state index contributed by atoms with van der Waals surface area (Å²) >= 11 is 0. The average molecular weight is 182 g/mol. The maximum Gasteiger partial charge on any atom is 0.490 e.